The van der Waals surface area contributed by atoms with E-state index in [0.29, 0.717) is 24.6 Å². The molecule has 1 aromatic heterocycles. The second-order valence-electron chi connectivity index (χ2n) is 7.27. The highest BCUT2D eigenvalue weighted by Crippen LogP contribution is 2.40. The maximum atomic E-state index is 12.4. The maximum Gasteiger partial charge on any atom is 0.336 e. The average molecular weight is 399 g/mol. The molecule has 6 heteroatoms. The standard InChI is InChI=1S/C24H17NO5/c26-23-11-18(15-4-2-1-3-5-15)17-7-9-20-19(24(17)30-23)12-25(13-27-20)16-6-8-21-22(10-16)29-14-28-21/h1-11H,12-14H2. The lowest BCUT2D eigenvalue weighted by Crippen LogP contribution is -2.32. The molecule has 0 aliphatic carbocycles. The van der Waals surface area contributed by atoms with Gasteiger partial charge in [-0.25, -0.2) is 4.79 Å². The van der Waals surface area contributed by atoms with Gasteiger partial charge in [-0.15, -0.1) is 0 Å². The third kappa shape index (κ3) is 2.69. The van der Waals surface area contributed by atoms with E-state index < -0.39 is 0 Å². The summed E-state index contributed by atoms with van der Waals surface area (Å²) in [5, 5.41) is 0.885. The van der Waals surface area contributed by atoms with Crippen LogP contribution in [0.2, 0.25) is 0 Å². The first-order valence-electron chi connectivity index (χ1n) is 9.69. The Balaban J connectivity index is 1.47. The van der Waals surface area contributed by atoms with Gasteiger partial charge in [-0.1, -0.05) is 30.3 Å². The van der Waals surface area contributed by atoms with Gasteiger partial charge < -0.3 is 23.5 Å². The van der Waals surface area contributed by atoms with Crippen molar-refractivity contribution < 1.29 is 18.6 Å². The van der Waals surface area contributed by atoms with Crippen molar-refractivity contribution in [3.05, 3.63) is 82.7 Å². The van der Waals surface area contributed by atoms with Crippen molar-refractivity contribution in [2.45, 2.75) is 6.54 Å². The van der Waals surface area contributed by atoms with Crippen LogP contribution in [0.25, 0.3) is 22.1 Å². The molecule has 30 heavy (non-hydrogen) atoms. The van der Waals surface area contributed by atoms with E-state index >= 15 is 0 Å². The number of hydrogen-bond acceptors (Lipinski definition) is 6. The minimum absolute atomic E-state index is 0.232. The quantitative estimate of drug-likeness (QED) is 0.461. The fourth-order valence-electron chi connectivity index (χ4n) is 4.04. The molecule has 6 nitrogen and oxygen atoms in total. The molecule has 0 bridgehead atoms. The zero-order valence-electron chi connectivity index (χ0n) is 16.0. The molecule has 0 spiro atoms. The SMILES string of the molecule is O=c1cc(-c2ccccc2)c2ccc3c(c2o1)CN(c1ccc2c(c1)OCO2)CO3. The van der Waals surface area contributed by atoms with Crippen molar-refractivity contribution in [3.63, 3.8) is 0 Å². The van der Waals surface area contributed by atoms with E-state index in [1.807, 2.05) is 60.7 Å². The third-order valence-corrected chi connectivity index (χ3v) is 5.50. The zero-order chi connectivity index (χ0) is 20.1. The predicted molar refractivity (Wildman–Crippen MR) is 112 cm³/mol. The Morgan fingerprint density at radius 3 is 2.53 bits per heavy atom. The zero-order valence-corrected chi connectivity index (χ0v) is 16.0. The van der Waals surface area contributed by atoms with Crippen LogP contribution in [0, 0.1) is 0 Å². The Morgan fingerprint density at radius 1 is 0.800 bits per heavy atom. The molecular formula is C24H17NO5. The number of rotatable bonds is 2. The van der Waals surface area contributed by atoms with Crippen molar-refractivity contribution in [3.8, 4) is 28.4 Å². The van der Waals surface area contributed by atoms with Crippen LogP contribution >= 0.6 is 0 Å². The second kappa shape index (κ2) is 6.56. The second-order valence-corrected chi connectivity index (χ2v) is 7.27. The van der Waals surface area contributed by atoms with Crippen LogP contribution in [-0.2, 0) is 6.54 Å². The van der Waals surface area contributed by atoms with Crippen molar-refractivity contribution in [1.29, 1.82) is 0 Å². The molecule has 0 fully saturated rings. The lowest BCUT2D eigenvalue weighted by atomic mass is 9.99. The average Bonchev–Trinajstić information content (AvgIpc) is 3.26. The molecule has 0 saturated carbocycles. The van der Waals surface area contributed by atoms with Gasteiger partial charge in [-0.3, -0.25) is 0 Å². The highest BCUT2D eigenvalue weighted by atomic mass is 16.7. The first-order chi connectivity index (χ1) is 14.8. The number of hydrogen-bond donors (Lipinski definition) is 0. The molecule has 3 heterocycles. The van der Waals surface area contributed by atoms with Crippen LogP contribution in [0.15, 0.2) is 75.9 Å². The molecule has 3 aromatic carbocycles. The first kappa shape index (κ1) is 17.0. The highest BCUT2D eigenvalue weighted by Gasteiger charge is 2.24. The number of fused-ring (bicyclic) bond motifs is 4. The van der Waals surface area contributed by atoms with Crippen LogP contribution in [-0.4, -0.2) is 13.5 Å². The monoisotopic (exact) mass is 399 g/mol. The molecule has 0 radical (unpaired) electrons. The van der Waals surface area contributed by atoms with Crippen LogP contribution in [0.4, 0.5) is 5.69 Å². The van der Waals surface area contributed by atoms with Gasteiger partial charge in [0.1, 0.15) is 11.3 Å². The van der Waals surface area contributed by atoms with Gasteiger partial charge in [0.15, 0.2) is 18.2 Å². The summed E-state index contributed by atoms with van der Waals surface area (Å²) in [5.41, 5.74) is 3.80. The van der Waals surface area contributed by atoms with E-state index in [2.05, 4.69) is 4.90 Å². The fraction of sp³-hybridized carbons (Fsp3) is 0.125. The topological polar surface area (TPSA) is 61.1 Å². The Hall–Kier alpha value is -3.93. The first-order valence-corrected chi connectivity index (χ1v) is 9.69. The van der Waals surface area contributed by atoms with Crippen molar-refractivity contribution in [2.75, 3.05) is 18.4 Å². The Labute approximate surface area is 171 Å². The molecule has 2 aliphatic rings. The normalized spacial score (nSPS) is 14.5. The van der Waals surface area contributed by atoms with Gasteiger partial charge in [-0.2, -0.15) is 0 Å². The smallest absolute Gasteiger partial charge is 0.336 e. The van der Waals surface area contributed by atoms with Crippen molar-refractivity contribution in [1.82, 2.24) is 0 Å². The van der Waals surface area contributed by atoms with E-state index in [1.165, 1.54) is 0 Å². The van der Waals surface area contributed by atoms with Gasteiger partial charge in [-0.05, 0) is 35.4 Å². The molecule has 2 aliphatic heterocycles. The molecule has 0 N–H and O–H groups in total. The predicted octanol–water partition coefficient (Wildman–Crippen LogP) is 4.55. The molecule has 0 amide bonds. The summed E-state index contributed by atoms with van der Waals surface area (Å²) < 4.78 is 22.6. The van der Waals surface area contributed by atoms with Crippen molar-refractivity contribution in [2.24, 2.45) is 0 Å². The van der Waals surface area contributed by atoms with Crippen LogP contribution in [0.5, 0.6) is 17.2 Å². The molecule has 0 unspecified atom stereocenters. The molecule has 148 valence electrons. The van der Waals surface area contributed by atoms with Gasteiger partial charge in [0.05, 0.1) is 12.1 Å². The van der Waals surface area contributed by atoms with Crippen LogP contribution < -0.4 is 24.7 Å². The molecule has 4 aromatic rings. The molecule has 0 atom stereocenters. The Bertz CT molecular complexity index is 1330. The number of ether oxygens (including phenoxy) is 3. The molecule has 0 saturated heterocycles. The summed E-state index contributed by atoms with van der Waals surface area (Å²) in [4.78, 5) is 14.5. The summed E-state index contributed by atoms with van der Waals surface area (Å²) in [6, 6.07) is 21.1. The molecule has 6 rings (SSSR count). The highest BCUT2D eigenvalue weighted by molar-refractivity contribution is 5.96. The van der Waals surface area contributed by atoms with E-state index in [4.69, 9.17) is 18.6 Å². The largest absolute Gasteiger partial charge is 0.473 e. The summed E-state index contributed by atoms with van der Waals surface area (Å²) in [5.74, 6) is 2.18. The summed E-state index contributed by atoms with van der Waals surface area (Å²) in [6.07, 6.45) is 0. The van der Waals surface area contributed by atoms with E-state index in [-0.39, 0.29) is 12.4 Å². The van der Waals surface area contributed by atoms with E-state index in [0.717, 1.165) is 39.3 Å². The number of anilines is 1. The maximum absolute atomic E-state index is 12.4. The van der Waals surface area contributed by atoms with Gasteiger partial charge >= 0.3 is 5.63 Å². The van der Waals surface area contributed by atoms with E-state index in [1.54, 1.807) is 6.07 Å². The lowest BCUT2D eigenvalue weighted by Gasteiger charge is -2.31. The Kier molecular flexibility index (Phi) is 3.71. The van der Waals surface area contributed by atoms with Gasteiger partial charge in [0, 0.05) is 23.2 Å². The number of benzene rings is 3. The fourth-order valence-corrected chi connectivity index (χ4v) is 4.04. The third-order valence-electron chi connectivity index (χ3n) is 5.50. The summed E-state index contributed by atoms with van der Waals surface area (Å²) in [7, 11) is 0. The summed E-state index contributed by atoms with van der Waals surface area (Å²) >= 11 is 0. The van der Waals surface area contributed by atoms with Crippen molar-refractivity contribution >= 4 is 16.7 Å². The minimum atomic E-state index is -0.380. The van der Waals surface area contributed by atoms with Crippen LogP contribution in [0.1, 0.15) is 5.56 Å². The van der Waals surface area contributed by atoms with Gasteiger partial charge in [0.2, 0.25) is 6.79 Å². The Morgan fingerprint density at radius 2 is 1.63 bits per heavy atom. The lowest BCUT2D eigenvalue weighted by molar-refractivity contribution is 0.174. The van der Waals surface area contributed by atoms with Gasteiger partial charge in [0.25, 0.3) is 0 Å². The molecular weight excluding hydrogens is 382 g/mol. The van der Waals surface area contributed by atoms with E-state index in [9.17, 15) is 4.79 Å². The number of nitrogens with zero attached hydrogens (tertiary/aromatic N) is 1. The summed E-state index contributed by atoms with van der Waals surface area (Å²) in [6.45, 7) is 1.17. The van der Waals surface area contributed by atoms with Crippen LogP contribution in [0.3, 0.4) is 0 Å². The minimum Gasteiger partial charge on any atom is -0.473 e.